The van der Waals surface area contributed by atoms with Crippen molar-refractivity contribution in [3.05, 3.63) is 42.6 Å². The summed E-state index contributed by atoms with van der Waals surface area (Å²) in [6.45, 7) is 7.03. The zero-order chi connectivity index (χ0) is 19.8. The third-order valence-corrected chi connectivity index (χ3v) is 5.59. The van der Waals surface area contributed by atoms with Gasteiger partial charge in [-0.3, -0.25) is 9.62 Å². The van der Waals surface area contributed by atoms with Gasteiger partial charge in [-0.2, -0.15) is 0 Å². The highest BCUT2D eigenvalue weighted by atomic mass is 32.2. The first-order valence-electron chi connectivity index (χ1n) is 9.21. The average molecular weight is 407 g/mol. The van der Waals surface area contributed by atoms with Crippen molar-refractivity contribution in [3.8, 4) is 11.6 Å². The van der Waals surface area contributed by atoms with Gasteiger partial charge < -0.3 is 14.2 Å². The molecule has 3 rings (SSSR count). The molecule has 1 aromatic heterocycles. The lowest BCUT2D eigenvalue weighted by Gasteiger charge is -2.26. The lowest BCUT2D eigenvalue weighted by molar-refractivity contribution is 0.0320. The van der Waals surface area contributed by atoms with E-state index >= 15 is 0 Å². The van der Waals surface area contributed by atoms with Gasteiger partial charge in [0.1, 0.15) is 12.4 Å². The van der Waals surface area contributed by atoms with Crippen molar-refractivity contribution in [3.63, 3.8) is 0 Å². The standard InChI is InChI=1S/C19H25N3O5S/c1-2-26-17-4-6-18(7-5-17)28(23,24)21-16-3-8-19(20-15-16)27-14-11-22-9-12-25-13-10-22/h3-8,15,21H,2,9-14H2,1H3. The number of hydrogen-bond acceptors (Lipinski definition) is 7. The third-order valence-electron chi connectivity index (χ3n) is 4.19. The van der Waals surface area contributed by atoms with Crippen LogP contribution in [0.15, 0.2) is 47.5 Å². The van der Waals surface area contributed by atoms with Crippen LogP contribution in [0, 0.1) is 0 Å². The number of benzene rings is 1. The van der Waals surface area contributed by atoms with Gasteiger partial charge in [-0.05, 0) is 37.3 Å². The molecule has 0 saturated carbocycles. The van der Waals surface area contributed by atoms with E-state index in [1.165, 1.54) is 18.3 Å². The first-order valence-corrected chi connectivity index (χ1v) is 10.7. The molecule has 1 aliphatic heterocycles. The maximum Gasteiger partial charge on any atom is 0.261 e. The Bertz CT molecular complexity index is 835. The van der Waals surface area contributed by atoms with Gasteiger partial charge in [0.2, 0.25) is 5.88 Å². The van der Waals surface area contributed by atoms with Crippen LogP contribution in [0.5, 0.6) is 11.6 Å². The van der Waals surface area contributed by atoms with Crippen molar-refractivity contribution in [1.29, 1.82) is 0 Å². The molecular formula is C19H25N3O5S. The van der Waals surface area contributed by atoms with Crippen LogP contribution in [0.3, 0.4) is 0 Å². The second-order valence-electron chi connectivity index (χ2n) is 6.20. The zero-order valence-electron chi connectivity index (χ0n) is 15.8. The summed E-state index contributed by atoms with van der Waals surface area (Å²) in [7, 11) is -3.69. The highest BCUT2D eigenvalue weighted by Crippen LogP contribution is 2.20. The van der Waals surface area contributed by atoms with Crippen molar-refractivity contribution in [2.45, 2.75) is 11.8 Å². The Morgan fingerprint density at radius 3 is 2.50 bits per heavy atom. The van der Waals surface area contributed by atoms with E-state index in [1.807, 2.05) is 6.92 Å². The molecule has 2 aromatic rings. The quantitative estimate of drug-likeness (QED) is 0.680. The summed E-state index contributed by atoms with van der Waals surface area (Å²) in [5.74, 6) is 1.08. The minimum atomic E-state index is -3.69. The smallest absolute Gasteiger partial charge is 0.261 e. The molecule has 28 heavy (non-hydrogen) atoms. The van der Waals surface area contributed by atoms with E-state index in [1.54, 1.807) is 24.3 Å². The molecular weight excluding hydrogens is 382 g/mol. The number of rotatable bonds is 9. The van der Waals surface area contributed by atoms with Gasteiger partial charge in [0.25, 0.3) is 10.0 Å². The van der Waals surface area contributed by atoms with Crippen LogP contribution >= 0.6 is 0 Å². The number of pyridine rings is 1. The van der Waals surface area contributed by atoms with E-state index in [-0.39, 0.29) is 4.90 Å². The Kier molecular flexibility index (Phi) is 7.07. The van der Waals surface area contributed by atoms with E-state index in [0.717, 1.165) is 32.8 Å². The van der Waals surface area contributed by atoms with Crippen molar-refractivity contribution in [2.75, 3.05) is 50.8 Å². The molecule has 0 aliphatic carbocycles. The fourth-order valence-electron chi connectivity index (χ4n) is 2.73. The summed E-state index contributed by atoms with van der Waals surface area (Å²) in [5, 5.41) is 0. The predicted octanol–water partition coefficient (Wildman–Crippen LogP) is 1.99. The van der Waals surface area contributed by atoms with Gasteiger partial charge in [-0.15, -0.1) is 0 Å². The number of morpholine rings is 1. The van der Waals surface area contributed by atoms with Crippen LogP contribution in [0.4, 0.5) is 5.69 Å². The van der Waals surface area contributed by atoms with Gasteiger partial charge in [-0.25, -0.2) is 13.4 Å². The molecule has 9 heteroatoms. The lowest BCUT2D eigenvalue weighted by atomic mass is 10.3. The second-order valence-corrected chi connectivity index (χ2v) is 7.88. The number of nitrogens with zero attached hydrogens (tertiary/aromatic N) is 2. The van der Waals surface area contributed by atoms with Crippen molar-refractivity contribution in [1.82, 2.24) is 9.88 Å². The minimum Gasteiger partial charge on any atom is -0.494 e. The molecule has 1 saturated heterocycles. The summed E-state index contributed by atoms with van der Waals surface area (Å²) >= 11 is 0. The van der Waals surface area contributed by atoms with Gasteiger partial charge in [0.05, 0.1) is 36.6 Å². The fraction of sp³-hybridized carbons (Fsp3) is 0.421. The Hall–Kier alpha value is -2.36. The number of sulfonamides is 1. The van der Waals surface area contributed by atoms with Crippen molar-refractivity contribution in [2.24, 2.45) is 0 Å². The third kappa shape index (κ3) is 5.82. The van der Waals surface area contributed by atoms with Gasteiger partial charge in [0, 0.05) is 25.7 Å². The Balaban J connectivity index is 1.52. The number of hydrogen-bond donors (Lipinski definition) is 1. The molecule has 1 fully saturated rings. The van der Waals surface area contributed by atoms with Crippen molar-refractivity contribution >= 4 is 15.7 Å². The van der Waals surface area contributed by atoms with E-state index in [0.29, 0.717) is 30.5 Å². The van der Waals surface area contributed by atoms with E-state index in [4.69, 9.17) is 14.2 Å². The highest BCUT2D eigenvalue weighted by Gasteiger charge is 2.15. The van der Waals surface area contributed by atoms with Crippen LogP contribution in [-0.4, -0.2) is 64.4 Å². The highest BCUT2D eigenvalue weighted by molar-refractivity contribution is 7.92. The normalized spacial score (nSPS) is 15.2. The molecule has 152 valence electrons. The van der Waals surface area contributed by atoms with Crippen LogP contribution < -0.4 is 14.2 Å². The molecule has 8 nitrogen and oxygen atoms in total. The monoisotopic (exact) mass is 407 g/mol. The Morgan fingerprint density at radius 2 is 1.86 bits per heavy atom. The first-order chi connectivity index (χ1) is 13.6. The maximum absolute atomic E-state index is 12.5. The SMILES string of the molecule is CCOc1ccc(S(=O)(=O)Nc2ccc(OCCN3CCOCC3)nc2)cc1. The molecule has 2 heterocycles. The summed E-state index contributed by atoms with van der Waals surface area (Å²) in [4.78, 5) is 6.59. The summed E-state index contributed by atoms with van der Waals surface area (Å²) in [5.41, 5.74) is 0.370. The average Bonchev–Trinajstić information content (AvgIpc) is 2.71. The molecule has 1 N–H and O–H groups in total. The van der Waals surface area contributed by atoms with Crippen LogP contribution in [0.2, 0.25) is 0 Å². The molecule has 0 atom stereocenters. The largest absolute Gasteiger partial charge is 0.494 e. The molecule has 1 aliphatic rings. The Labute approximate surface area is 165 Å². The van der Waals surface area contributed by atoms with Crippen LogP contribution in [0.25, 0.3) is 0 Å². The fourth-order valence-corrected chi connectivity index (χ4v) is 3.77. The number of nitrogens with one attached hydrogen (secondary N) is 1. The molecule has 0 radical (unpaired) electrons. The predicted molar refractivity (Wildman–Crippen MR) is 105 cm³/mol. The van der Waals surface area contributed by atoms with Crippen LogP contribution in [-0.2, 0) is 14.8 Å². The summed E-state index contributed by atoms with van der Waals surface area (Å²) in [6, 6.07) is 9.54. The lowest BCUT2D eigenvalue weighted by Crippen LogP contribution is -2.38. The van der Waals surface area contributed by atoms with Gasteiger partial charge in [0.15, 0.2) is 0 Å². The maximum atomic E-state index is 12.5. The van der Waals surface area contributed by atoms with E-state index < -0.39 is 10.0 Å². The summed E-state index contributed by atoms with van der Waals surface area (Å²) < 4.78 is 43.7. The second kappa shape index (κ2) is 9.72. The van der Waals surface area contributed by atoms with E-state index in [2.05, 4.69) is 14.6 Å². The molecule has 1 aromatic carbocycles. The molecule has 0 amide bonds. The van der Waals surface area contributed by atoms with Gasteiger partial charge >= 0.3 is 0 Å². The molecule has 0 bridgehead atoms. The molecule has 0 spiro atoms. The van der Waals surface area contributed by atoms with Gasteiger partial charge in [-0.1, -0.05) is 0 Å². The zero-order valence-corrected chi connectivity index (χ0v) is 16.7. The van der Waals surface area contributed by atoms with Crippen molar-refractivity contribution < 1.29 is 22.6 Å². The van der Waals surface area contributed by atoms with E-state index in [9.17, 15) is 8.42 Å². The first kappa shape index (κ1) is 20.4. The number of ether oxygens (including phenoxy) is 3. The van der Waals surface area contributed by atoms with Crippen LogP contribution in [0.1, 0.15) is 6.92 Å². The number of aromatic nitrogens is 1. The Morgan fingerprint density at radius 1 is 1.11 bits per heavy atom. The molecule has 0 unspecified atom stereocenters. The summed E-state index contributed by atoms with van der Waals surface area (Å²) in [6.07, 6.45) is 1.44. The number of anilines is 1. The topological polar surface area (TPSA) is 90.0 Å². The minimum absolute atomic E-state index is 0.154.